The van der Waals surface area contributed by atoms with Gasteiger partial charge in [0.05, 0.1) is 12.8 Å². The van der Waals surface area contributed by atoms with Crippen LogP contribution in [0.4, 0.5) is 10.5 Å². The maximum absolute atomic E-state index is 10.9. The molecule has 0 atom stereocenters. The number of methoxy groups -OCH3 is 1. The van der Waals surface area contributed by atoms with Gasteiger partial charge in [0, 0.05) is 5.56 Å². The average Bonchev–Trinajstić information content (AvgIpc) is 2.53. The number of hydrogen-bond donors (Lipinski definition) is 2. The molecule has 0 aliphatic carbocycles. The number of nitrogens with one attached hydrogen (secondary N) is 1. The van der Waals surface area contributed by atoms with Gasteiger partial charge in [0.1, 0.15) is 5.75 Å². The molecule has 0 heterocycles. The molecule has 0 unspecified atom stereocenters. The van der Waals surface area contributed by atoms with Gasteiger partial charge in [0.25, 0.3) is 0 Å². The molecule has 0 saturated heterocycles. The minimum atomic E-state index is -0.695. The molecule has 2 aromatic rings. The Morgan fingerprint density at radius 1 is 1.19 bits per heavy atom. The van der Waals surface area contributed by atoms with E-state index in [1.807, 2.05) is 42.7 Å². The number of hydrogen-bond acceptors (Lipinski definition) is 4. The van der Waals surface area contributed by atoms with Gasteiger partial charge in [-0.05, 0) is 36.2 Å². The second kappa shape index (κ2) is 6.62. The monoisotopic (exact) mass is 284 g/mol. The van der Waals surface area contributed by atoms with E-state index in [2.05, 4.69) is 10.2 Å². The Balaban J connectivity index is 2.27. The van der Waals surface area contributed by atoms with Gasteiger partial charge >= 0.3 is 6.03 Å². The lowest BCUT2D eigenvalue weighted by Gasteiger charge is -2.09. The van der Waals surface area contributed by atoms with E-state index in [9.17, 15) is 4.79 Å². The Labute approximate surface area is 122 Å². The Kier molecular flexibility index (Phi) is 4.63. The van der Waals surface area contributed by atoms with Crippen molar-refractivity contribution in [2.45, 2.75) is 6.92 Å². The number of aryl methyl sites for hydroxylation is 1. The molecule has 2 aromatic carbocycles. The number of nitrogens with two attached hydrogens (primary N) is 1. The normalized spacial score (nSPS) is 10.6. The van der Waals surface area contributed by atoms with E-state index in [-0.39, 0.29) is 0 Å². The standard InChI is InChI=1S/C15H16N4O2/c1-10-3-8-13(14(9-10)21-2)11-4-6-12(7-5-11)18-19-15(20)17-16/h3-9H,16H2,1-2H3,(H,17,20). The summed E-state index contributed by atoms with van der Waals surface area (Å²) >= 11 is 0. The SMILES string of the molecule is COc1cc(C)ccc1-c1ccc(N=NC(=O)NN)cc1. The summed E-state index contributed by atoms with van der Waals surface area (Å²) in [4.78, 5) is 10.9. The van der Waals surface area contributed by atoms with E-state index >= 15 is 0 Å². The molecule has 3 N–H and O–H groups in total. The first kappa shape index (κ1) is 14.7. The Hall–Kier alpha value is -2.73. The number of urea groups is 1. The summed E-state index contributed by atoms with van der Waals surface area (Å²) in [6, 6.07) is 12.6. The van der Waals surface area contributed by atoms with Crippen LogP contribution in [-0.4, -0.2) is 13.1 Å². The van der Waals surface area contributed by atoms with Gasteiger partial charge in [-0.25, -0.2) is 10.6 Å². The van der Waals surface area contributed by atoms with Crippen LogP contribution in [0.2, 0.25) is 0 Å². The van der Waals surface area contributed by atoms with Crippen LogP contribution in [0.5, 0.6) is 5.75 Å². The van der Waals surface area contributed by atoms with E-state index in [4.69, 9.17) is 10.6 Å². The fourth-order valence-corrected chi connectivity index (χ4v) is 1.88. The van der Waals surface area contributed by atoms with Crippen LogP contribution < -0.4 is 16.0 Å². The van der Waals surface area contributed by atoms with Gasteiger partial charge in [-0.15, -0.1) is 5.11 Å². The quantitative estimate of drug-likeness (QED) is 0.392. The highest BCUT2D eigenvalue weighted by molar-refractivity contribution is 5.74. The number of ether oxygens (including phenoxy) is 1. The highest BCUT2D eigenvalue weighted by Crippen LogP contribution is 2.31. The molecule has 21 heavy (non-hydrogen) atoms. The maximum Gasteiger partial charge on any atom is 0.373 e. The lowest BCUT2D eigenvalue weighted by molar-refractivity contribution is 0.248. The molecule has 0 radical (unpaired) electrons. The predicted molar refractivity (Wildman–Crippen MR) is 80.4 cm³/mol. The van der Waals surface area contributed by atoms with Gasteiger partial charge in [0.15, 0.2) is 0 Å². The Morgan fingerprint density at radius 2 is 1.90 bits per heavy atom. The van der Waals surface area contributed by atoms with Gasteiger partial charge in [0.2, 0.25) is 0 Å². The van der Waals surface area contributed by atoms with Crippen molar-refractivity contribution in [2.75, 3.05) is 7.11 Å². The summed E-state index contributed by atoms with van der Waals surface area (Å²) in [5, 5.41) is 7.16. The van der Waals surface area contributed by atoms with Crippen molar-refractivity contribution in [3.8, 4) is 16.9 Å². The van der Waals surface area contributed by atoms with Gasteiger partial charge in [-0.1, -0.05) is 29.4 Å². The van der Waals surface area contributed by atoms with Crippen molar-refractivity contribution in [2.24, 2.45) is 16.1 Å². The average molecular weight is 284 g/mol. The van der Waals surface area contributed by atoms with E-state index in [1.54, 1.807) is 19.2 Å². The third kappa shape index (κ3) is 3.64. The largest absolute Gasteiger partial charge is 0.496 e. The number of carbonyl (C=O) groups excluding carboxylic acids is 1. The second-order valence-electron chi connectivity index (χ2n) is 4.40. The molecule has 0 aliphatic heterocycles. The number of rotatable bonds is 3. The third-order valence-electron chi connectivity index (χ3n) is 2.92. The first-order chi connectivity index (χ1) is 10.1. The minimum absolute atomic E-state index is 0.563. The Bertz CT molecular complexity index is 666. The molecule has 0 bridgehead atoms. The van der Waals surface area contributed by atoms with Crippen LogP contribution in [0.1, 0.15) is 5.56 Å². The van der Waals surface area contributed by atoms with E-state index in [0.29, 0.717) is 5.69 Å². The molecule has 108 valence electrons. The first-order valence-corrected chi connectivity index (χ1v) is 6.31. The molecular formula is C15H16N4O2. The van der Waals surface area contributed by atoms with Gasteiger partial charge in [-0.2, -0.15) is 0 Å². The molecule has 2 rings (SSSR count). The van der Waals surface area contributed by atoms with Crippen LogP contribution in [0.3, 0.4) is 0 Å². The fraction of sp³-hybridized carbons (Fsp3) is 0.133. The number of benzene rings is 2. The van der Waals surface area contributed by atoms with Crippen LogP contribution >= 0.6 is 0 Å². The van der Waals surface area contributed by atoms with Crippen molar-refractivity contribution in [1.82, 2.24) is 5.43 Å². The highest BCUT2D eigenvalue weighted by atomic mass is 16.5. The van der Waals surface area contributed by atoms with Crippen LogP contribution in [0.15, 0.2) is 52.7 Å². The van der Waals surface area contributed by atoms with Crippen molar-refractivity contribution >= 4 is 11.7 Å². The smallest absolute Gasteiger partial charge is 0.373 e. The molecule has 0 spiro atoms. The third-order valence-corrected chi connectivity index (χ3v) is 2.92. The van der Waals surface area contributed by atoms with Crippen LogP contribution in [0, 0.1) is 6.92 Å². The van der Waals surface area contributed by atoms with Crippen molar-refractivity contribution in [3.05, 3.63) is 48.0 Å². The first-order valence-electron chi connectivity index (χ1n) is 6.31. The summed E-state index contributed by atoms with van der Waals surface area (Å²) in [6.45, 7) is 2.01. The zero-order chi connectivity index (χ0) is 15.2. The fourth-order valence-electron chi connectivity index (χ4n) is 1.88. The summed E-state index contributed by atoms with van der Waals surface area (Å²) in [6.07, 6.45) is 0. The highest BCUT2D eigenvalue weighted by Gasteiger charge is 2.06. The zero-order valence-electron chi connectivity index (χ0n) is 11.8. The topological polar surface area (TPSA) is 89.1 Å². The number of azo groups is 1. The summed E-state index contributed by atoms with van der Waals surface area (Å²) in [7, 11) is 1.65. The van der Waals surface area contributed by atoms with Crippen molar-refractivity contribution < 1.29 is 9.53 Å². The summed E-state index contributed by atoms with van der Waals surface area (Å²) in [5.41, 5.74) is 5.56. The lowest BCUT2D eigenvalue weighted by atomic mass is 10.0. The number of amides is 2. The molecule has 2 amide bonds. The predicted octanol–water partition coefficient (Wildman–Crippen LogP) is 3.34. The zero-order valence-corrected chi connectivity index (χ0v) is 11.8. The van der Waals surface area contributed by atoms with E-state index < -0.39 is 6.03 Å². The van der Waals surface area contributed by atoms with Crippen molar-refractivity contribution in [3.63, 3.8) is 0 Å². The number of nitrogens with zero attached hydrogens (tertiary/aromatic N) is 2. The summed E-state index contributed by atoms with van der Waals surface area (Å²) < 4.78 is 5.40. The molecule has 0 aliphatic rings. The van der Waals surface area contributed by atoms with Crippen LogP contribution in [0.25, 0.3) is 11.1 Å². The van der Waals surface area contributed by atoms with E-state index in [1.165, 1.54) is 0 Å². The molecule has 0 fully saturated rings. The molecule has 0 saturated carbocycles. The Morgan fingerprint density at radius 3 is 2.52 bits per heavy atom. The van der Waals surface area contributed by atoms with E-state index in [0.717, 1.165) is 22.4 Å². The summed E-state index contributed by atoms with van der Waals surface area (Å²) in [5.74, 6) is 5.73. The minimum Gasteiger partial charge on any atom is -0.496 e. The van der Waals surface area contributed by atoms with Crippen LogP contribution in [-0.2, 0) is 0 Å². The van der Waals surface area contributed by atoms with Crippen molar-refractivity contribution in [1.29, 1.82) is 0 Å². The molecule has 6 nitrogen and oxygen atoms in total. The second-order valence-corrected chi connectivity index (χ2v) is 4.40. The molecule has 6 heteroatoms. The molecule has 0 aromatic heterocycles. The van der Waals surface area contributed by atoms with Gasteiger partial charge < -0.3 is 4.74 Å². The number of carbonyl (C=O) groups is 1. The number of hydrazine groups is 1. The molecular weight excluding hydrogens is 268 g/mol. The lowest BCUT2D eigenvalue weighted by Crippen LogP contribution is -2.26. The maximum atomic E-state index is 10.9. The van der Waals surface area contributed by atoms with Gasteiger partial charge in [-0.3, -0.25) is 5.43 Å².